The fourth-order valence-corrected chi connectivity index (χ4v) is 4.17. The summed E-state index contributed by atoms with van der Waals surface area (Å²) < 4.78 is 5.50. The van der Waals surface area contributed by atoms with Gasteiger partial charge in [-0.2, -0.15) is 0 Å². The lowest BCUT2D eigenvalue weighted by atomic mass is 10.0. The molecule has 1 amide bonds. The Labute approximate surface area is 170 Å². The number of methoxy groups -OCH3 is 1. The van der Waals surface area contributed by atoms with Crippen molar-refractivity contribution in [2.75, 3.05) is 38.2 Å². The van der Waals surface area contributed by atoms with Gasteiger partial charge in [-0.05, 0) is 37.1 Å². The first-order valence-electron chi connectivity index (χ1n) is 10.3. The molecule has 2 aromatic carbocycles. The second-order valence-electron chi connectivity index (χ2n) is 7.84. The number of pyridine rings is 1. The highest BCUT2D eigenvalue weighted by Gasteiger charge is 2.29. The first kappa shape index (κ1) is 18.0. The average Bonchev–Trinajstić information content (AvgIpc) is 3.63. The molecule has 1 aliphatic carbocycles. The molecule has 2 aliphatic rings. The molecule has 3 aromatic rings. The van der Waals surface area contributed by atoms with Gasteiger partial charge >= 0.3 is 0 Å². The van der Waals surface area contributed by atoms with Gasteiger partial charge in [-0.1, -0.05) is 30.3 Å². The molecule has 1 aliphatic heterocycles. The standard InChI is InChI=1S/C24H25N3O2/c1-29-23-9-5-4-8-22(23)26-12-14-27(15-13-26)24(28)19-16-21(17-10-11-17)25-20-7-3-2-6-18(19)20/h2-9,16-17H,10-15H2,1H3. The Morgan fingerprint density at radius 2 is 1.72 bits per heavy atom. The summed E-state index contributed by atoms with van der Waals surface area (Å²) in [5.74, 6) is 1.51. The van der Waals surface area contributed by atoms with E-state index in [2.05, 4.69) is 11.0 Å². The normalized spacial score (nSPS) is 16.9. The summed E-state index contributed by atoms with van der Waals surface area (Å²) in [5.41, 5.74) is 3.88. The molecule has 5 nitrogen and oxygen atoms in total. The molecular formula is C24H25N3O2. The average molecular weight is 387 g/mol. The molecule has 1 saturated carbocycles. The van der Waals surface area contributed by atoms with Gasteiger partial charge in [0.25, 0.3) is 5.91 Å². The summed E-state index contributed by atoms with van der Waals surface area (Å²) >= 11 is 0. The largest absolute Gasteiger partial charge is 0.495 e. The molecule has 0 radical (unpaired) electrons. The second kappa shape index (κ2) is 7.39. The number of piperazine rings is 1. The third kappa shape index (κ3) is 3.41. The van der Waals surface area contributed by atoms with E-state index in [0.717, 1.165) is 46.7 Å². The van der Waals surface area contributed by atoms with E-state index in [1.54, 1.807) is 7.11 Å². The molecule has 1 aromatic heterocycles. The van der Waals surface area contributed by atoms with Gasteiger partial charge in [0.05, 0.1) is 23.9 Å². The SMILES string of the molecule is COc1ccccc1N1CCN(C(=O)c2cc(C3CC3)nc3ccccc23)CC1. The van der Waals surface area contributed by atoms with E-state index in [1.807, 2.05) is 53.4 Å². The zero-order valence-electron chi connectivity index (χ0n) is 16.7. The van der Waals surface area contributed by atoms with Crippen LogP contribution in [0.4, 0.5) is 5.69 Å². The monoisotopic (exact) mass is 387 g/mol. The van der Waals surface area contributed by atoms with Crippen molar-refractivity contribution in [3.05, 3.63) is 65.9 Å². The number of rotatable bonds is 4. The lowest BCUT2D eigenvalue weighted by molar-refractivity contribution is 0.0748. The fourth-order valence-electron chi connectivity index (χ4n) is 4.17. The highest BCUT2D eigenvalue weighted by Crippen LogP contribution is 2.40. The number of hydrogen-bond donors (Lipinski definition) is 0. The van der Waals surface area contributed by atoms with E-state index < -0.39 is 0 Å². The van der Waals surface area contributed by atoms with Crippen LogP contribution in [0.25, 0.3) is 10.9 Å². The summed E-state index contributed by atoms with van der Waals surface area (Å²) in [6, 6.07) is 18.1. The predicted molar refractivity (Wildman–Crippen MR) is 115 cm³/mol. The summed E-state index contributed by atoms with van der Waals surface area (Å²) in [4.78, 5) is 22.5. The number of carbonyl (C=O) groups excluding carboxylic acids is 1. The van der Waals surface area contributed by atoms with E-state index >= 15 is 0 Å². The van der Waals surface area contributed by atoms with Crippen molar-refractivity contribution in [2.24, 2.45) is 0 Å². The third-order valence-corrected chi connectivity index (χ3v) is 5.95. The van der Waals surface area contributed by atoms with Gasteiger partial charge in [-0.15, -0.1) is 0 Å². The van der Waals surface area contributed by atoms with Crippen LogP contribution >= 0.6 is 0 Å². The van der Waals surface area contributed by atoms with Gasteiger partial charge in [0, 0.05) is 43.2 Å². The van der Waals surface area contributed by atoms with E-state index in [4.69, 9.17) is 9.72 Å². The second-order valence-corrected chi connectivity index (χ2v) is 7.84. The summed E-state index contributed by atoms with van der Waals surface area (Å²) in [7, 11) is 1.70. The van der Waals surface area contributed by atoms with Crippen molar-refractivity contribution < 1.29 is 9.53 Å². The van der Waals surface area contributed by atoms with Crippen LogP contribution in [0.3, 0.4) is 0 Å². The van der Waals surface area contributed by atoms with Gasteiger partial charge in [0.15, 0.2) is 0 Å². The van der Waals surface area contributed by atoms with Crippen LogP contribution in [0.2, 0.25) is 0 Å². The number of fused-ring (bicyclic) bond motifs is 1. The Morgan fingerprint density at radius 3 is 2.48 bits per heavy atom. The van der Waals surface area contributed by atoms with Crippen molar-refractivity contribution in [3.8, 4) is 5.75 Å². The molecule has 2 fully saturated rings. The topological polar surface area (TPSA) is 45.7 Å². The Bertz CT molecular complexity index is 1050. The Hall–Kier alpha value is -3.08. The van der Waals surface area contributed by atoms with Crippen molar-refractivity contribution >= 4 is 22.5 Å². The number of nitrogens with zero attached hydrogens (tertiary/aromatic N) is 3. The van der Waals surface area contributed by atoms with Gasteiger partial charge < -0.3 is 14.5 Å². The van der Waals surface area contributed by atoms with Crippen LogP contribution in [0.15, 0.2) is 54.6 Å². The highest BCUT2D eigenvalue weighted by atomic mass is 16.5. The third-order valence-electron chi connectivity index (χ3n) is 5.95. The summed E-state index contributed by atoms with van der Waals surface area (Å²) in [6.45, 7) is 2.99. The smallest absolute Gasteiger partial charge is 0.254 e. The summed E-state index contributed by atoms with van der Waals surface area (Å²) in [5, 5.41) is 0.953. The quantitative estimate of drug-likeness (QED) is 0.677. The van der Waals surface area contributed by atoms with Gasteiger partial charge in [-0.3, -0.25) is 9.78 Å². The van der Waals surface area contributed by atoms with Crippen LogP contribution < -0.4 is 9.64 Å². The lowest BCUT2D eigenvalue weighted by Gasteiger charge is -2.36. The number of para-hydroxylation sites is 3. The molecule has 29 heavy (non-hydrogen) atoms. The maximum atomic E-state index is 13.4. The van der Waals surface area contributed by atoms with E-state index in [0.29, 0.717) is 19.0 Å². The van der Waals surface area contributed by atoms with Crippen LogP contribution in [0.1, 0.15) is 34.8 Å². The molecule has 1 saturated heterocycles. The zero-order valence-corrected chi connectivity index (χ0v) is 16.7. The number of carbonyl (C=O) groups is 1. The minimum absolute atomic E-state index is 0.116. The van der Waals surface area contributed by atoms with Crippen LogP contribution in [-0.2, 0) is 0 Å². The van der Waals surface area contributed by atoms with E-state index in [9.17, 15) is 4.79 Å². The first-order chi connectivity index (χ1) is 14.2. The number of benzene rings is 2. The molecule has 5 heteroatoms. The van der Waals surface area contributed by atoms with Crippen molar-refractivity contribution in [3.63, 3.8) is 0 Å². The molecular weight excluding hydrogens is 362 g/mol. The Balaban J connectivity index is 1.38. The predicted octanol–water partition coefficient (Wildman–Crippen LogP) is 4.08. The number of amides is 1. The molecule has 0 bridgehead atoms. The maximum absolute atomic E-state index is 13.4. The van der Waals surface area contributed by atoms with Gasteiger partial charge in [-0.25, -0.2) is 0 Å². The molecule has 148 valence electrons. The number of aromatic nitrogens is 1. The molecule has 0 unspecified atom stereocenters. The van der Waals surface area contributed by atoms with Gasteiger partial charge in [0.2, 0.25) is 0 Å². The highest BCUT2D eigenvalue weighted by molar-refractivity contribution is 6.06. The number of hydrogen-bond acceptors (Lipinski definition) is 4. The van der Waals surface area contributed by atoms with Crippen LogP contribution in [0.5, 0.6) is 5.75 Å². The van der Waals surface area contributed by atoms with Crippen molar-refractivity contribution in [1.82, 2.24) is 9.88 Å². The van der Waals surface area contributed by atoms with E-state index in [-0.39, 0.29) is 5.91 Å². The number of anilines is 1. The minimum Gasteiger partial charge on any atom is -0.495 e. The lowest BCUT2D eigenvalue weighted by Crippen LogP contribution is -2.49. The fraction of sp³-hybridized carbons (Fsp3) is 0.333. The first-order valence-corrected chi connectivity index (χ1v) is 10.3. The van der Waals surface area contributed by atoms with Crippen molar-refractivity contribution in [1.29, 1.82) is 0 Å². The van der Waals surface area contributed by atoms with Crippen molar-refractivity contribution in [2.45, 2.75) is 18.8 Å². The molecule has 2 heterocycles. The molecule has 0 atom stereocenters. The Kier molecular flexibility index (Phi) is 4.58. The van der Waals surface area contributed by atoms with Crippen LogP contribution in [-0.4, -0.2) is 49.1 Å². The summed E-state index contributed by atoms with van der Waals surface area (Å²) in [6.07, 6.45) is 2.35. The van der Waals surface area contributed by atoms with Gasteiger partial charge in [0.1, 0.15) is 5.75 Å². The maximum Gasteiger partial charge on any atom is 0.254 e. The van der Waals surface area contributed by atoms with E-state index in [1.165, 1.54) is 12.8 Å². The number of ether oxygens (including phenoxy) is 1. The molecule has 0 spiro atoms. The van der Waals surface area contributed by atoms with Crippen LogP contribution in [0, 0.1) is 0 Å². The minimum atomic E-state index is 0.116. The zero-order chi connectivity index (χ0) is 19.8. The molecule has 0 N–H and O–H groups in total. The Morgan fingerprint density at radius 1 is 1.00 bits per heavy atom. The molecule has 5 rings (SSSR count).